The first-order valence-electron chi connectivity index (χ1n) is 7.29. The number of sulfonamides is 1. The summed E-state index contributed by atoms with van der Waals surface area (Å²) in [6.45, 7) is 1.25. The Hall–Kier alpha value is -3.14. The number of carbonyl (C=O) groups excluding carboxylic acids is 1. The average molecular weight is 381 g/mol. The fourth-order valence-electron chi connectivity index (χ4n) is 2.16. The number of hydrogen-bond acceptors (Lipinski definition) is 4. The maximum atomic E-state index is 13.6. The minimum absolute atomic E-state index is 0.154. The molecule has 0 saturated carbocycles. The van der Waals surface area contributed by atoms with E-state index in [1.165, 1.54) is 38.2 Å². The maximum absolute atomic E-state index is 13.6. The Kier molecular flexibility index (Phi) is 5.46. The van der Waals surface area contributed by atoms with Crippen molar-refractivity contribution in [2.45, 2.75) is 11.8 Å². The molecule has 2 aromatic carbocycles. The van der Waals surface area contributed by atoms with Gasteiger partial charge in [-0.25, -0.2) is 22.4 Å². The van der Waals surface area contributed by atoms with E-state index in [0.717, 1.165) is 12.1 Å². The second-order valence-electron chi connectivity index (χ2n) is 5.23. The molecule has 0 saturated heterocycles. The van der Waals surface area contributed by atoms with Crippen molar-refractivity contribution in [1.29, 1.82) is 0 Å². The average Bonchev–Trinajstić information content (AvgIpc) is 2.58. The van der Waals surface area contributed by atoms with Crippen LogP contribution in [0.5, 0.6) is 0 Å². The first-order valence-corrected chi connectivity index (χ1v) is 8.78. The van der Waals surface area contributed by atoms with Gasteiger partial charge in [-0.1, -0.05) is 0 Å². The Balaban J connectivity index is 2.34. The van der Waals surface area contributed by atoms with Gasteiger partial charge in [-0.05, 0) is 43.3 Å². The number of carbonyl (C=O) groups is 2. The Morgan fingerprint density at radius 3 is 2.23 bits per heavy atom. The smallest absolute Gasteiger partial charge is 0.338 e. The van der Waals surface area contributed by atoms with E-state index in [1.807, 2.05) is 0 Å². The monoisotopic (exact) mass is 381 g/mol. The number of carboxylic acids is 1. The van der Waals surface area contributed by atoms with Crippen LogP contribution in [0.25, 0.3) is 0 Å². The summed E-state index contributed by atoms with van der Waals surface area (Å²) in [4.78, 5) is 22.4. The Morgan fingerprint density at radius 1 is 1.08 bits per heavy atom. The van der Waals surface area contributed by atoms with Crippen molar-refractivity contribution in [3.05, 3.63) is 53.3 Å². The van der Waals surface area contributed by atoms with Crippen molar-refractivity contribution in [2.75, 3.05) is 17.1 Å². The highest BCUT2D eigenvalue weighted by Crippen LogP contribution is 2.25. The van der Waals surface area contributed by atoms with Gasteiger partial charge in [0.25, 0.3) is 10.0 Å². The van der Waals surface area contributed by atoms with Crippen LogP contribution < -0.4 is 15.4 Å². The Morgan fingerprint density at radius 2 is 1.69 bits per heavy atom. The summed E-state index contributed by atoms with van der Waals surface area (Å²) in [6, 6.07) is 6.79. The summed E-state index contributed by atoms with van der Waals surface area (Å²) in [5.41, 5.74) is -0.523. The number of hydrogen-bond donors (Lipinski definition) is 4. The summed E-state index contributed by atoms with van der Waals surface area (Å²) < 4.78 is 40.7. The Labute approximate surface area is 149 Å². The number of anilines is 2. The summed E-state index contributed by atoms with van der Waals surface area (Å²) in [5.74, 6) is -2.21. The van der Waals surface area contributed by atoms with Gasteiger partial charge in [-0.3, -0.25) is 4.72 Å². The van der Waals surface area contributed by atoms with E-state index in [0.29, 0.717) is 5.69 Å². The number of halogens is 1. The molecule has 0 unspecified atom stereocenters. The molecule has 0 aliphatic rings. The predicted molar refractivity (Wildman–Crippen MR) is 93.4 cm³/mol. The van der Waals surface area contributed by atoms with Crippen LogP contribution in [-0.4, -0.2) is 32.6 Å². The lowest BCUT2D eigenvalue weighted by atomic mass is 10.1. The molecule has 0 radical (unpaired) electrons. The van der Waals surface area contributed by atoms with Crippen molar-refractivity contribution in [1.82, 2.24) is 5.32 Å². The summed E-state index contributed by atoms with van der Waals surface area (Å²) in [5, 5.41) is 14.1. The van der Waals surface area contributed by atoms with Crippen LogP contribution in [0.15, 0.2) is 41.3 Å². The molecule has 2 rings (SSSR count). The van der Waals surface area contributed by atoms with Gasteiger partial charge >= 0.3 is 12.0 Å². The molecule has 138 valence electrons. The first kappa shape index (κ1) is 19.2. The van der Waals surface area contributed by atoms with Gasteiger partial charge in [0.05, 0.1) is 16.1 Å². The number of nitrogens with one attached hydrogen (secondary N) is 3. The van der Waals surface area contributed by atoms with Crippen molar-refractivity contribution in [3.63, 3.8) is 0 Å². The third-order valence-electron chi connectivity index (χ3n) is 3.51. The zero-order valence-electron chi connectivity index (χ0n) is 13.8. The molecule has 0 bridgehead atoms. The Bertz CT molecular complexity index is 959. The summed E-state index contributed by atoms with van der Waals surface area (Å²) in [7, 11) is -2.68. The number of rotatable bonds is 5. The molecule has 0 aromatic heterocycles. The van der Waals surface area contributed by atoms with Gasteiger partial charge in [0.2, 0.25) is 0 Å². The third-order valence-corrected chi connectivity index (χ3v) is 4.89. The highest BCUT2D eigenvalue weighted by molar-refractivity contribution is 7.92. The standard InChI is InChI=1S/C16H16FN3O5S/c1-9-12(17)7-8-13(14(9)15(21)22)20-26(24,25)11-5-3-10(4-6-11)19-16(23)18-2/h3-8,20H,1-2H3,(H,21,22)(H2,18,19,23). The fourth-order valence-corrected chi connectivity index (χ4v) is 3.23. The third kappa shape index (κ3) is 4.09. The highest BCUT2D eigenvalue weighted by Gasteiger charge is 2.21. The quantitative estimate of drug-likeness (QED) is 0.633. The van der Waals surface area contributed by atoms with E-state index in [9.17, 15) is 27.5 Å². The zero-order chi connectivity index (χ0) is 19.5. The van der Waals surface area contributed by atoms with Gasteiger partial charge in [0.1, 0.15) is 5.82 Å². The van der Waals surface area contributed by atoms with E-state index >= 15 is 0 Å². The van der Waals surface area contributed by atoms with E-state index in [-0.39, 0.29) is 16.1 Å². The number of aromatic carboxylic acids is 1. The lowest BCUT2D eigenvalue weighted by Crippen LogP contribution is -2.24. The van der Waals surface area contributed by atoms with Gasteiger partial charge in [-0.2, -0.15) is 0 Å². The van der Waals surface area contributed by atoms with E-state index in [1.54, 1.807) is 0 Å². The van der Waals surface area contributed by atoms with Crippen molar-refractivity contribution >= 4 is 33.4 Å². The summed E-state index contributed by atoms with van der Waals surface area (Å²) in [6.07, 6.45) is 0. The molecule has 0 heterocycles. The molecular weight excluding hydrogens is 365 g/mol. The molecular formula is C16H16FN3O5S. The van der Waals surface area contributed by atoms with Crippen molar-refractivity contribution < 1.29 is 27.5 Å². The molecule has 0 spiro atoms. The minimum Gasteiger partial charge on any atom is -0.478 e. The van der Waals surface area contributed by atoms with Crippen LogP contribution >= 0.6 is 0 Å². The molecule has 26 heavy (non-hydrogen) atoms. The zero-order valence-corrected chi connectivity index (χ0v) is 14.6. The van der Waals surface area contributed by atoms with Crippen LogP contribution in [0.2, 0.25) is 0 Å². The number of urea groups is 1. The summed E-state index contributed by atoms with van der Waals surface area (Å²) >= 11 is 0. The van der Waals surface area contributed by atoms with Crippen LogP contribution in [0.1, 0.15) is 15.9 Å². The molecule has 8 nitrogen and oxygen atoms in total. The van der Waals surface area contributed by atoms with E-state index in [2.05, 4.69) is 15.4 Å². The van der Waals surface area contributed by atoms with Crippen molar-refractivity contribution in [2.24, 2.45) is 0 Å². The second-order valence-corrected chi connectivity index (χ2v) is 6.92. The topological polar surface area (TPSA) is 125 Å². The molecule has 2 amide bonds. The molecule has 0 fully saturated rings. The number of benzene rings is 2. The normalized spacial score (nSPS) is 10.9. The lowest BCUT2D eigenvalue weighted by molar-refractivity contribution is 0.0696. The molecule has 4 N–H and O–H groups in total. The second kappa shape index (κ2) is 7.40. The molecule has 0 aliphatic heterocycles. The largest absolute Gasteiger partial charge is 0.478 e. The predicted octanol–water partition coefficient (Wildman–Crippen LogP) is 2.38. The highest BCUT2D eigenvalue weighted by atomic mass is 32.2. The van der Waals surface area contributed by atoms with Gasteiger partial charge in [-0.15, -0.1) is 0 Å². The van der Waals surface area contributed by atoms with E-state index < -0.39 is 33.4 Å². The van der Waals surface area contributed by atoms with Gasteiger partial charge < -0.3 is 15.7 Å². The molecule has 0 aliphatic carbocycles. The maximum Gasteiger partial charge on any atom is 0.338 e. The first-order chi connectivity index (χ1) is 12.2. The lowest BCUT2D eigenvalue weighted by Gasteiger charge is -2.13. The molecule has 10 heteroatoms. The van der Waals surface area contributed by atoms with Crippen LogP contribution in [0.3, 0.4) is 0 Å². The van der Waals surface area contributed by atoms with Crippen LogP contribution in [0.4, 0.5) is 20.6 Å². The van der Waals surface area contributed by atoms with Gasteiger partial charge in [0.15, 0.2) is 0 Å². The number of carboxylic acid groups (broad SMARTS) is 1. The molecule has 2 aromatic rings. The van der Waals surface area contributed by atoms with Crippen molar-refractivity contribution in [3.8, 4) is 0 Å². The minimum atomic E-state index is -4.11. The number of amides is 2. The fraction of sp³-hybridized carbons (Fsp3) is 0.125. The van der Waals surface area contributed by atoms with E-state index in [4.69, 9.17) is 0 Å². The van der Waals surface area contributed by atoms with Crippen LogP contribution in [-0.2, 0) is 10.0 Å². The molecule has 0 atom stereocenters. The van der Waals surface area contributed by atoms with Crippen LogP contribution in [0, 0.1) is 12.7 Å². The SMILES string of the molecule is CNC(=O)Nc1ccc(S(=O)(=O)Nc2ccc(F)c(C)c2C(=O)O)cc1. The van der Waals surface area contributed by atoms with Gasteiger partial charge in [0, 0.05) is 18.3 Å².